The molecule has 0 spiro atoms. The fourth-order valence-electron chi connectivity index (χ4n) is 6.08. The minimum absolute atomic E-state index is 1.67. The molecule has 0 aromatic heterocycles. The van der Waals surface area contributed by atoms with Gasteiger partial charge in [-0.3, -0.25) is 0 Å². The zero-order valence-electron chi connectivity index (χ0n) is 38.3. The fourth-order valence-corrected chi connectivity index (χ4v) is 59.2. The van der Waals surface area contributed by atoms with E-state index < -0.39 is 103 Å². The van der Waals surface area contributed by atoms with Crippen LogP contribution in [0.1, 0.15) is 0 Å². The maximum atomic E-state index is 6.91. The molecule has 24 heteroatoms. The van der Waals surface area contributed by atoms with E-state index in [1.807, 2.05) is 78.6 Å². The Labute approximate surface area is 375 Å². The molecule has 1 fully saturated rings. The van der Waals surface area contributed by atoms with Crippen molar-refractivity contribution in [1.82, 2.24) is 0 Å². The lowest BCUT2D eigenvalue weighted by Gasteiger charge is -2.46. The lowest BCUT2D eigenvalue weighted by molar-refractivity contribution is 0.255. The third kappa shape index (κ3) is 15.6. The van der Waals surface area contributed by atoms with E-state index >= 15 is 0 Å². The van der Waals surface area contributed by atoms with E-state index in [2.05, 4.69) is 78.9 Å². The molecule has 0 bridgehead atoms. The number of rotatable bonds is 12. The zero-order valence-corrected chi connectivity index (χ0v) is 50.3. The highest BCUT2D eigenvalue weighted by Crippen LogP contribution is 2.35. The van der Waals surface area contributed by atoms with E-state index in [1.165, 1.54) is 0 Å². The summed E-state index contributed by atoms with van der Waals surface area (Å²) in [4.78, 5) is 0. The first-order chi connectivity index (χ1) is 27.2. The van der Waals surface area contributed by atoms with Crippen LogP contribution in [0.15, 0.2) is 147 Å². The number of hydrogen-bond donors (Lipinski definition) is 0. The van der Waals surface area contributed by atoms with E-state index in [0.717, 1.165) is 0 Å². The van der Waals surface area contributed by atoms with Crippen molar-refractivity contribution in [2.45, 2.75) is 78.6 Å². The molecule has 0 amide bonds. The maximum Gasteiger partial charge on any atom is 0.344 e. The van der Waals surface area contributed by atoms with E-state index in [9.17, 15) is 0 Å². The summed E-state index contributed by atoms with van der Waals surface area (Å²) in [5, 5.41) is 0. The van der Waals surface area contributed by atoms with Gasteiger partial charge in [0.25, 0.3) is 0 Å². The van der Waals surface area contributed by atoms with Gasteiger partial charge in [-0.15, -0.1) is 78.9 Å². The minimum atomic E-state index is -3.37. The summed E-state index contributed by atoms with van der Waals surface area (Å²) in [5.41, 5.74) is 20.1. The molecule has 336 valence electrons. The van der Waals surface area contributed by atoms with E-state index in [0.29, 0.717) is 0 Å². The van der Waals surface area contributed by atoms with Gasteiger partial charge in [0.1, 0.15) is 0 Å². The van der Waals surface area contributed by atoms with E-state index in [-0.39, 0.29) is 0 Å². The van der Waals surface area contributed by atoms with Crippen molar-refractivity contribution >= 4 is 103 Å². The molecule has 0 atom stereocenters. The largest absolute Gasteiger partial charge is 0.410 e. The van der Waals surface area contributed by atoms with Crippen molar-refractivity contribution in [3.63, 3.8) is 0 Å². The summed E-state index contributed by atoms with van der Waals surface area (Å²) < 4.78 is 82.9. The van der Waals surface area contributed by atoms with Gasteiger partial charge in [0.2, 0.25) is 0 Å². The molecule has 0 aromatic rings. The maximum absolute atomic E-state index is 6.91. The minimum Gasteiger partial charge on any atom is -0.410 e. The average molecular weight is 1030 g/mol. The molecule has 60 heavy (non-hydrogen) atoms. The molecular formula is C36H72O12Si12. The zero-order chi connectivity index (χ0) is 47.0. The number of hydrogen-bond acceptors (Lipinski definition) is 12. The molecule has 1 saturated heterocycles. The molecule has 0 aliphatic carbocycles. The van der Waals surface area contributed by atoms with Crippen molar-refractivity contribution in [3.05, 3.63) is 147 Å². The van der Waals surface area contributed by atoms with Crippen LogP contribution >= 0.6 is 0 Å². The van der Waals surface area contributed by atoms with Crippen LogP contribution in [0.4, 0.5) is 0 Å². The smallest absolute Gasteiger partial charge is 0.344 e. The van der Waals surface area contributed by atoms with Gasteiger partial charge in [-0.1, -0.05) is 68.4 Å². The summed E-state index contributed by atoms with van der Waals surface area (Å²) in [6.07, 6.45) is 0. The lowest BCUT2D eigenvalue weighted by atomic mass is 11.3. The molecule has 0 radical (unpaired) electrons. The van der Waals surface area contributed by atoms with Gasteiger partial charge in [0.15, 0.2) is 0 Å². The van der Waals surface area contributed by atoms with Gasteiger partial charge in [0, 0.05) is 0 Å². The van der Waals surface area contributed by atoms with Crippen molar-refractivity contribution in [1.29, 1.82) is 0 Å². The Balaban J connectivity index is 4.23. The van der Waals surface area contributed by atoms with Gasteiger partial charge in [-0.05, 0) is 78.6 Å². The molecule has 0 saturated carbocycles. The van der Waals surface area contributed by atoms with Crippen LogP contribution in [-0.2, 0) is 49.4 Å². The Morgan fingerprint density at radius 1 is 0.167 bits per heavy atom. The Morgan fingerprint density at radius 3 is 0.250 bits per heavy atom. The van der Waals surface area contributed by atoms with Crippen LogP contribution in [0, 0.1) is 0 Å². The van der Waals surface area contributed by atoms with E-state index in [4.69, 9.17) is 49.4 Å². The van der Waals surface area contributed by atoms with Crippen molar-refractivity contribution in [3.8, 4) is 0 Å². The molecule has 0 aromatic carbocycles. The predicted molar refractivity (Wildman–Crippen MR) is 275 cm³/mol. The van der Waals surface area contributed by atoms with E-state index in [1.54, 1.807) is 68.4 Å². The highest BCUT2D eigenvalue weighted by Gasteiger charge is 2.56. The average Bonchev–Trinajstić information content (AvgIpc) is 3.16. The molecule has 12 nitrogen and oxygen atoms in total. The third-order valence-electron chi connectivity index (χ3n) is 9.31. The van der Waals surface area contributed by atoms with Gasteiger partial charge in [-0.25, -0.2) is 0 Å². The Morgan fingerprint density at radius 2 is 0.217 bits per heavy atom. The molecular weight excluding hydrogens is 961 g/mol. The summed E-state index contributed by atoms with van der Waals surface area (Å²) in [6.45, 7) is 71.8. The fraction of sp³-hybridized carbons (Fsp3) is 0.333. The lowest BCUT2D eigenvalue weighted by Crippen LogP contribution is -2.65. The monoisotopic (exact) mass is 1030 g/mol. The second-order valence-corrected chi connectivity index (χ2v) is 54.9. The summed E-state index contributed by atoms with van der Waals surface area (Å²) in [5.74, 6) is 0. The van der Waals surface area contributed by atoms with Gasteiger partial charge in [-0.2, -0.15) is 0 Å². The first-order valence-electron chi connectivity index (χ1n) is 19.3. The van der Waals surface area contributed by atoms with Crippen molar-refractivity contribution in [2.24, 2.45) is 0 Å². The standard InChI is InChI=1S/C36H72O12Si12/c1-25-49(13)37-50(14,26-2)39-52(16,28-4)41-54(18,30-6)43-56(20,32-8)45-58(22,34-10)47-60(24,36-12)48-59(23,35-11)46-57(21,33-9)44-55(19,31-7)42-53(17,29-5)40-51(15,27-3)38-49/h25-36H,1-12H2,13-24H3. The normalized spacial score (nSPS) is 45.8. The highest BCUT2D eigenvalue weighted by atomic mass is 28.5. The van der Waals surface area contributed by atoms with Gasteiger partial charge < -0.3 is 49.4 Å². The summed E-state index contributed by atoms with van der Waals surface area (Å²) in [6, 6.07) is 0. The van der Waals surface area contributed by atoms with Crippen LogP contribution in [0.3, 0.4) is 0 Å². The summed E-state index contributed by atoms with van der Waals surface area (Å²) in [7, 11) is -40.5. The molecule has 1 rings (SSSR count). The van der Waals surface area contributed by atoms with Crippen molar-refractivity contribution < 1.29 is 49.4 Å². The predicted octanol–water partition coefficient (Wildman–Crippen LogP) is 9.77. The Kier molecular flexibility index (Phi) is 19.8. The van der Waals surface area contributed by atoms with Crippen LogP contribution in [-0.4, -0.2) is 103 Å². The molecule has 1 aliphatic rings. The van der Waals surface area contributed by atoms with Crippen LogP contribution in [0.5, 0.6) is 0 Å². The van der Waals surface area contributed by atoms with Gasteiger partial charge >= 0.3 is 103 Å². The second-order valence-electron chi connectivity index (χ2n) is 15.9. The molecule has 1 heterocycles. The Hall–Kier alpha value is -0.997. The third-order valence-corrected chi connectivity index (χ3v) is 57.1. The summed E-state index contributed by atoms with van der Waals surface area (Å²) >= 11 is 0. The molecule has 1 aliphatic heterocycles. The SMILES string of the molecule is C=C[Si]1(C)O[Si](C)(C=C)O[Si](C)(C=C)O[Si](C)(C=C)O[Si](C)(C=C)O[Si](C)(C=C)O[Si](C)(C=C)O[Si](C)(C=C)O[Si](C)(C=C)O[Si](C)(C=C)O[Si](C)(C=C)O[Si](C)(C=C)O1. The molecule has 0 N–H and O–H groups in total. The first kappa shape index (κ1) is 57.0. The van der Waals surface area contributed by atoms with Crippen molar-refractivity contribution in [2.75, 3.05) is 0 Å². The highest BCUT2D eigenvalue weighted by molar-refractivity contribution is 7.00. The Bertz CT molecular complexity index is 1240. The molecule has 0 unspecified atom stereocenters. The van der Waals surface area contributed by atoms with Crippen LogP contribution in [0.25, 0.3) is 0 Å². The topological polar surface area (TPSA) is 111 Å². The second kappa shape index (κ2) is 20.9. The quantitative estimate of drug-likeness (QED) is 0.174. The van der Waals surface area contributed by atoms with Crippen LogP contribution < -0.4 is 0 Å². The van der Waals surface area contributed by atoms with Crippen LogP contribution in [0.2, 0.25) is 78.6 Å². The van der Waals surface area contributed by atoms with Gasteiger partial charge in [0.05, 0.1) is 0 Å². The first-order valence-corrected chi connectivity index (χ1v) is 48.0.